The van der Waals surface area contributed by atoms with Gasteiger partial charge in [0, 0.05) is 31.3 Å². The fraction of sp³-hybridized carbons (Fsp3) is 0.154. The van der Waals surface area contributed by atoms with Crippen LogP contribution < -0.4 is 0 Å². The first kappa shape index (κ1) is 14.4. The SMILES string of the molecule is CN(Cc1cc(C#N)ccc1F)C(=O)/C=C/C(=O)O. The van der Waals surface area contributed by atoms with Crippen molar-refractivity contribution in [3.8, 4) is 6.07 Å². The number of benzene rings is 1. The predicted molar refractivity (Wildman–Crippen MR) is 64.4 cm³/mol. The summed E-state index contributed by atoms with van der Waals surface area (Å²) in [6.45, 7) is -0.0514. The van der Waals surface area contributed by atoms with E-state index in [1.54, 1.807) is 0 Å². The summed E-state index contributed by atoms with van der Waals surface area (Å²) >= 11 is 0. The molecular weight excluding hydrogens is 251 g/mol. The monoisotopic (exact) mass is 262 g/mol. The highest BCUT2D eigenvalue weighted by molar-refractivity contribution is 5.93. The van der Waals surface area contributed by atoms with E-state index < -0.39 is 17.7 Å². The van der Waals surface area contributed by atoms with E-state index in [1.165, 1.54) is 19.2 Å². The molecule has 0 aromatic heterocycles. The minimum absolute atomic E-state index is 0.0514. The van der Waals surface area contributed by atoms with Crippen LogP contribution in [0.1, 0.15) is 11.1 Å². The average Bonchev–Trinajstić information content (AvgIpc) is 2.38. The Morgan fingerprint density at radius 3 is 2.74 bits per heavy atom. The second-order valence-corrected chi connectivity index (χ2v) is 3.78. The van der Waals surface area contributed by atoms with Gasteiger partial charge in [-0.05, 0) is 18.2 Å². The van der Waals surface area contributed by atoms with Crippen LogP contribution in [0.2, 0.25) is 0 Å². The van der Waals surface area contributed by atoms with Crippen molar-refractivity contribution < 1.29 is 19.1 Å². The molecule has 0 aliphatic rings. The molecule has 0 spiro atoms. The number of amides is 1. The number of hydrogen-bond acceptors (Lipinski definition) is 3. The minimum atomic E-state index is -1.24. The van der Waals surface area contributed by atoms with Gasteiger partial charge in [-0.3, -0.25) is 4.79 Å². The highest BCUT2D eigenvalue weighted by Gasteiger charge is 2.10. The van der Waals surface area contributed by atoms with Gasteiger partial charge in [0.15, 0.2) is 0 Å². The van der Waals surface area contributed by atoms with Crippen molar-refractivity contribution in [3.05, 3.63) is 47.3 Å². The molecule has 0 unspecified atom stereocenters. The van der Waals surface area contributed by atoms with Crippen molar-refractivity contribution in [2.45, 2.75) is 6.54 Å². The molecule has 0 bridgehead atoms. The molecule has 19 heavy (non-hydrogen) atoms. The summed E-state index contributed by atoms with van der Waals surface area (Å²) in [5.74, 6) is -2.33. The molecule has 0 saturated carbocycles. The maximum Gasteiger partial charge on any atom is 0.328 e. The van der Waals surface area contributed by atoms with Crippen molar-refractivity contribution in [3.63, 3.8) is 0 Å². The second kappa shape index (κ2) is 6.31. The summed E-state index contributed by atoms with van der Waals surface area (Å²) in [6, 6.07) is 5.71. The van der Waals surface area contributed by atoms with Gasteiger partial charge in [-0.25, -0.2) is 9.18 Å². The molecule has 0 saturated heterocycles. The molecule has 1 N–H and O–H groups in total. The molecular formula is C13H11FN2O3. The van der Waals surface area contributed by atoms with E-state index in [4.69, 9.17) is 10.4 Å². The van der Waals surface area contributed by atoms with E-state index in [0.29, 0.717) is 11.6 Å². The first-order chi connectivity index (χ1) is 8.93. The predicted octanol–water partition coefficient (Wildman–Crippen LogP) is 1.30. The topological polar surface area (TPSA) is 81.4 Å². The molecule has 0 fully saturated rings. The lowest BCUT2D eigenvalue weighted by Gasteiger charge is -2.15. The number of halogens is 1. The van der Waals surface area contributed by atoms with E-state index in [0.717, 1.165) is 17.0 Å². The van der Waals surface area contributed by atoms with Crippen molar-refractivity contribution in [2.24, 2.45) is 0 Å². The molecule has 5 nitrogen and oxygen atoms in total. The van der Waals surface area contributed by atoms with E-state index in [9.17, 15) is 14.0 Å². The van der Waals surface area contributed by atoms with E-state index in [2.05, 4.69) is 0 Å². The summed E-state index contributed by atoms with van der Waals surface area (Å²) in [5.41, 5.74) is 0.483. The number of carboxylic acid groups (broad SMARTS) is 1. The zero-order valence-corrected chi connectivity index (χ0v) is 10.1. The molecule has 0 heterocycles. The number of rotatable bonds is 4. The van der Waals surface area contributed by atoms with E-state index in [-0.39, 0.29) is 12.1 Å². The number of carboxylic acids is 1. The number of nitrogens with zero attached hydrogens (tertiary/aromatic N) is 2. The van der Waals surface area contributed by atoms with Gasteiger partial charge in [0.05, 0.1) is 11.6 Å². The lowest BCUT2D eigenvalue weighted by Crippen LogP contribution is -2.25. The molecule has 1 aromatic rings. The molecule has 1 aromatic carbocycles. The second-order valence-electron chi connectivity index (χ2n) is 3.78. The maximum atomic E-state index is 13.5. The number of nitriles is 1. The highest BCUT2D eigenvalue weighted by Crippen LogP contribution is 2.12. The number of carbonyl (C=O) groups is 2. The molecule has 0 aliphatic carbocycles. The van der Waals surface area contributed by atoms with Crippen molar-refractivity contribution in [2.75, 3.05) is 7.05 Å². The first-order valence-corrected chi connectivity index (χ1v) is 5.28. The third kappa shape index (κ3) is 4.24. The maximum absolute atomic E-state index is 13.5. The fourth-order valence-electron chi connectivity index (χ4n) is 1.37. The highest BCUT2D eigenvalue weighted by atomic mass is 19.1. The number of aliphatic carboxylic acids is 1. The Hall–Kier alpha value is -2.68. The summed E-state index contributed by atoms with van der Waals surface area (Å²) in [6.07, 6.45) is 1.59. The van der Waals surface area contributed by atoms with E-state index in [1.807, 2.05) is 6.07 Å². The Morgan fingerprint density at radius 1 is 1.47 bits per heavy atom. The summed E-state index contributed by atoms with van der Waals surface area (Å²) in [7, 11) is 1.41. The van der Waals surface area contributed by atoms with Crippen LogP contribution in [-0.2, 0) is 16.1 Å². The van der Waals surface area contributed by atoms with Gasteiger partial charge in [0.2, 0.25) is 5.91 Å². The molecule has 6 heteroatoms. The van der Waals surface area contributed by atoms with Crippen molar-refractivity contribution in [1.29, 1.82) is 5.26 Å². The van der Waals surface area contributed by atoms with Crippen molar-refractivity contribution >= 4 is 11.9 Å². The van der Waals surface area contributed by atoms with Crippen LogP contribution in [0.3, 0.4) is 0 Å². The van der Waals surface area contributed by atoms with Crippen LogP contribution in [0, 0.1) is 17.1 Å². The van der Waals surface area contributed by atoms with Crippen LogP contribution in [0.5, 0.6) is 0 Å². The fourth-order valence-corrected chi connectivity index (χ4v) is 1.37. The molecule has 98 valence electrons. The quantitative estimate of drug-likeness (QED) is 0.829. The van der Waals surface area contributed by atoms with Crippen molar-refractivity contribution in [1.82, 2.24) is 4.90 Å². The van der Waals surface area contributed by atoms with Gasteiger partial charge in [0.25, 0.3) is 0 Å². The largest absolute Gasteiger partial charge is 0.478 e. The summed E-state index contributed by atoms with van der Waals surface area (Å²) < 4.78 is 13.5. The molecule has 1 amide bonds. The standard InChI is InChI=1S/C13H11FN2O3/c1-16(12(17)4-5-13(18)19)8-10-6-9(7-15)2-3-11(10)14/h2-6H,8H2,1H3,(H,18,19)/b5-4+. The molecule has 1 rings (SSSR count). The molecule has 0 atom stereocenters. The normalized spacial score (nSPS) is 10.2. The lowest BCUT2D eigenvalue weighted by atomic mass is 10.1. The van der Waals surface area contributed by atoms with Gasteiger partial charge in [-0.15, -0.1) is 0 Å². The van der Waals surface area contributed by atoms with Gasteiger partial charge in [-0.1, -0.05) is 0 Å². The van der Waals surface area contributed by atoms with Crippen LogP contribution in [0.4, 0.5) is 4.39 Å². The first-order valence-electron chi connectivity index (χ1n) is 5.28. The average molecular weight is 262 g/mol. The Labute approximate surface area is 109 Å². The Morgan fingerprint density at radius 2 is 2.16 bits per heavy atom. The Balaban J connectivity index is 2.82. The number of hydrogen-bond donors (Lipinski definition) is 1. The molecule has 0 aliphatic heterocycles. The number of likely N-dealkylation sites (N-methyl/N-ethyl adjacent to an activating group) is 1. The lowest BCUT2D eigenvalue weighted by molar-refractivity contribution is -0.132. The number of carbonyl (C=O) groups excluding carboxylic acids is 1. The van der Waals surface area contributed by atoms with E-state index >= 15 is 0 Å². The molecule has 0 radical (unpaired) electrons. The smallest absolute Gasteiger partial charge is 0.328 e. The minimum Gasteiger partial charge on any atom is -0.478 e. The van der Waals surface area contributed by atoms with Crippen LogP contribution in [0.15, 0.2) is 30.4 Å². The third-order valence-electron chi connectivity index (χ3n) is 2.33. The Kier molecular flexibility index (Phi) is 4.77. The zero-order valence-electron chi connectivity index (χ0n) is 10.1. The van der Waals surface area contributed by atoms with Gasteiger partial charge < -0.3 is 10.0 Å². The van der Waals surface area contributed by atoms with Gasteiger partial charge in [0.1, 0.15) is 5.82 Å². The van der Waals surface area contributed by atoms with Gasteiger partial charge >= 0.3 is 5.97 Å². The van der Waals surface area contributed by atoms with Crippen LogP contribution in [0.25, 0.3) is 0 Å². The third-order valence-corrected chi connectivity index (χ3v) is 2.33. The summed E-state index contributed by atoms with van der Waals surface area (Å²) in [5, 5.41) is 17.1. The summed E-state index contributed by atoms with van der Waals surface area (Å²) in [4.78, 5) is 22.9. The van der Waals surface area contributed by atoms with Crippen LogP contribution in [-0.4, -0.2) is 28.9 Å². The van der Waals surface area contributed by atoms with Gasteiger partial charge in [-0.2, -0.15) is 5.26 Å². The zero-order chi connectivity index (χ0) is 14.4. The van der Waals surface area contributed by atoms with Crippen LogP contribution >= 0.6 is 0 Å². The Bertz CT molecular complexity index is 576.